The van der Waals surface area contributed by atoms with Crippen LogP contribution in [-0.4, -0.2) is 32.9 Å². The van der Waals surface area contributed by atoms with Crippen LogP contribution in [0.5, 0.6) is 11.6 Å². The highest BCUT2D eigenvalue weighted by atomic mass is 32.2. The molecule has 9 nitrogen and oxygen atoms in total. The number of ether oxygens (including phenoxy) is 1. The lowest BCUT2D eigenvalue weighted by Crippen LogP contribution is -2.19. The number of nitro groups is 1. The summed E-state index contributed by atoms with van der Waals surface area (Å²) in [6, 6.07) is 9.50. The molecule has 0 bridgehead atoms. The summed E-state index contributed by atoms with van der Waals surface area (Å²) in [5.74, 6) is 0.585. The Hall–Kier alpha value is -3.27. The highest BCUT2D eigenvalue weighted by Gasteiger charge is 2.17. The first-order chi connectivity index (χ1) is 12.1. The number of carbonyl (C=O) groups excluding carboxylic acids is 1. The molecule has 0 radical (unpaired) electrons. The first-order valence-corrected chi connectivity index (χ1v) is 8.01. The molecule has 1 aliphatic heterocycles. The third-order valence-corrected chi connectivity index (χ3v) is 3.85. The number of aromatic nitrogens is 1. The van der Waals surface area contributed by atoms with Crippen LogP contribution in [0, 0.1) is 10.1 Å². The average molecular weight is 357 g/mol. The van der Waals surface area contributed by atoms with Gasteiger partial charge in [-0.25, -0.2) is 4.98 Å². The van der Waals surface area contributed by atoms with Gasteiger partial charge in [-0.2, -0.15) is 5.10 Å². The van der Waals surface area contributed by atoms with Crippen molar-refractivity contribution in [2.24, 2.45) is 10.2 Å². The third-order valence-electron chi connectivity index (χ3n) is 2.98. The molecule has 126 valence electrons. The number of benzene rings is 1. The Bertz CT molecular complexity index is 866. The summed E-state index contributed by atoms with van der Waals surface area (Å²) in [5.41, 5.74) is 0.543. The summed E-state index contributed by atoms with van der Waals surface area (Å²) in [7, 11) is 0. The molecule has 1 fully saturated rings. The van der Waals surface area contributed by atoms with Gasteiger partial charge in [0.2, 0.25) is 5.91 Å². The quantitative estimate of drug-likeness (QED) is 0.498. The first-order valence-electron chi connectivity index (χ1n) is 7.03. The van der Waals surface area contributed by atoms with Crippen LogP contribution >= 0.6 is 11.8 Å². The molecule has 3 rings (SSSR count). The standard InChI is InChI=1S/C15H11N5O4S/c21-13-9-25-15(18-13)19-17-8-10-3-5-11(6-4-10)24-14-12(20(22)23)2-1-7-16-14/h1-8H,9H2,(H,18,19,21). The van der Waals surface area contributed by atoms with E-state index in [4.69, 9.17) is 4.74 Å². The fourth-order valence-corrected chi connectivity index (χ4v) is 2.49. The van der Waals surface area contributed by atoms with Crippen molar-refractivity contribution in [1.82, 2.24) is 10.3 Å². The molecule has 0 saturated carbocycles. The number of nitrogens with zero attached hydrogens (tertiary/aromatic N) is 4. The molecule has 1 amide bonds. The zero-order valence-electron chi connectivity index (χ0n) is 12.7. The van der Waals surface area contributed by atoms with E-state index in [0.717, 1.165) is 5.56 Å². The molecule has 0 spiro atoms. The molecule has 0 aliphatic carbocycles. The molecule has 25 heavy (non-hydrogen) atoms. The number of pyridine rings is 1. The Balaban J connectivity index is 1.67. The summed E-state index contributed by atoms with van der Waals surface area (Å²) in [6.07, 6.45) is 2.94. The summed E-state index contributed by atoms with van der Waals surface area (Å²) in [5, 5.41) is 21.8. The van der Waals surface area contributed by atoms with Gasteiger partial charge in [-0.15, -0.1) is 5.10 Å². The number of rotatable bonds is 5. The second-order valence-corrected chi connectivity index (χ2v) is 5.71. The number of carbonyl (C=O) groups is 1. The van der Waals surface area contributed by atoms with Crippen LogP contribution in [0.25, 0.3) is 0 Å². The maximum atomic E-state index is 11.0. The molecule has 2 aromatic rings. The highest BCUT2D eigenvalue weighted by molar-refractivity contribution is 8.15. The van der Waals surface area contributed by atoms with E-state index in [1.165, 1.54) is 36.3 Å². The Labute approximate surface area is 146 Å². The van der Waals surface area contributed by atoms with Gasteiger partial charge in [0.15, 0.2) is 5.17 Å². The van der Waals surface area contributed by atoms with Gasteiger partial charge in [-0.05, 0) is 35.9 Å². The number of hydrogen-bond donors (Lipinski definition) is 1. The van der Waals surface area contributed by atoms with Gasteiger partial charge in [0.1, 0.15) is 5.75 Å². The summed E-state index contributed by atoms with van der Waals surface area (Å²) >= 11 is 1.29. The molecule has 0 atom stereocenters. The van der Waals surface area contributed by atoms with Crippen LogP contribution in [0.4, 0.5) is 5.69 Å². The van der Waals surface area contributed by atoms with E-state index >= 15 is 0 Å². The fourth-order valence-electron chi connectivity index (χ4n) is 1.86. The van der Waals surface area contributed by atoms with E-state index in [9.17, 15) is 14.9 Å². The number of hydrogen-bond acceptors (Lipinski definition) is 8. The van der Waals surface area contributed by atoms with Gasteiger partial charge in [-0.3, -0.25) is 14.9 Å². The van der Waals surface area contributed by atoms with Crippen molar-refractivity contribution in [1.29, 1.82) is 0 Å². The van der Waals surface area contributed by atoms with Crippen molar-refractivity contribution in [3.63, 3.8) is 0 Å². The van der Waals surface area contributed by atoms with E-state index in [0.29, 0.717) is 16.7 Å². The normalized spacial score (nSPS) is 15.5. The molecule has 0 unspecified atom stereocenters. The van der Waals surface area contributed by atoms with E-state index in [2.05, 4.69) is 20.5 Å². The maximum absolute atomic E-state index is 11.0. The monoisotopic (exact) mass is 357 g/mol. The second-order valence-electron chi connectivity index (χ2n) is 4.74. The summed E-state index contributed by atoms with van der Waals surface area (Å²) < 4.78 is 5.45. The first kappa shape index (κ1) is 16.6. The number of amidine groups is 1. The number of nitrogens with one attached hydrogen (secondary N) is 1. The fraction of sp³-hybridized carbons (Fsp3) is 0.0667. The Morgan fingerprint density at radius 3 is 2.80 bits per heavy atom. The topological polar surface area (TPSA) is 119 Å². The lowest BCUT2D eigenvalue weighted by atomic mass is 10.2. The molecular formula is C15H11N5O4S. The van der Waals surface area contributed by atoms with Crippen LogP contribution in [0.15, 0.2) is 52.8 Å². The van der Waals surface area contributed by atoms with E-state index in [-0.39, 0.29) is 17.5 Å². The molecule has 1 N–H and O–H groups in total. The number of amides is 1. The maximum Gasteiger partial charge on any atom is 0.331 e. The van der Waals surface area contributed by atoms with Crippen LogP contribution < -0.4 is 10.1 Å². The lowest BCUT2D eigenvalue weighted by Gasteiger charge is -2.04. The lowest BCUT2D eigenvalue weighted by molar-refractivity contribution is -0.386. The molecule has 1 aromatic heterocycles. The number of thioether (sulfide) groups is 1. The second kappa shape index (κ2) is 7.53. The molecule has 2 heterocycles. The minimum absolute atomic E-state index is 0.0747. The molecular weight excluding hydrogens is 346 g/mol. The predicted octanol–water partition coefficient (Wildman–Crippen LogP) is 2.33. The minimum atomic E-state index is -0.553. The van der Waals surface area contributed by atoms with Crippen LogP contribution in [0.2, 0.25) is 0 Å². The largest absolute Gasteiger partial charge is 0.434 e. The molecule has 1 aromatic carbocycles. The summed E-state index contributed by atoms with van der Waals surface area (Å²) in [6.45, 7) is 0. The molecule has 1 aliphatic rings. The molecule has 1 saturated heterocycles. The van der Waals surface area contributed by atoms with Crippen molar-refractivity contribution < 1.29 is 14.5 Å². The van der Waals surface area contributed by atoms with Crippen molar-refractivity contribution in [2.75, 3.05) is 5.75 Å². The predicted molar refractivity (Wildman–Crippen MR) is 93.0 cm³/mol. The van der Waals surface area contributed by atoms with Gasteiger partial charge in [0.05, 0.1) is 16.9 Å². The van der Waals surface area contributed by atoms with Crippen LogP contribution in [0.1, 0.15) is 5.56 Å². The van der Waals surface area contributed by atoms with E-state index < -0.39 is 4.92 Å². The highest BCUT2D eigenvalue weighted by Crippen LogP contribution is 2.28. The third kappa shape index (κ3) is 4.38. The zero-order valence-corrected chi connectivity index (χ0v) is 13.5. The Morgan fingerprint density at radius 2 is 2.12 bits per heavy atom. The van der Waals surface area contributed by atoms with Crippen molar-refractivity contribution in [3.05, 3.63) is 58.3 Å². The van der Waals surface area contributed by atoms with Crippen molar-refractivity contribution >= 4 is 34.7 Å². The molecule has 10 heteroatoms. The van der Waals surface area contributed by atoms with Gasteiger partial charge in [0.25, 0.3) is 5.88 Å². The van der Waals surface area contributed by atoms with Gasteiger partial charge < -0.3 is 10.1 Å². The van der Waals surface area contributed by atoms with Gasteiger partial charge in [0, 0.05) is 12.3 Å². The van der Waals surface area contributed by atoms with Crippen LogP contribution in [0.3, 0.4) is 0 Å². The van der Waals surface area contributed by atoms with Crippen molar-refractivity contribution in [2.45, 2.75) is 0 Å². The minimum Gasteiger partial charge on any atom is -0.434 e. The van der Waals surface area contributed by atoms with Crippen molar-refractivity contribution in [3.8, 4) is 11.6 Å². The van der Waals surface area contributed by atoms with E-state index in [1.54, 1.807) is 24.3 Å². The SMILES string of the molecule is O=C1CSC(=NN=Cc2ccc(Oc3ncccc3[N+](=O)[O-])cc2)N1. The Morgan fingerprint density at radius 1 is 1.32 bits per heavy atom. The van der Waals surface area contributed by atoms with E-state index in [1.807, 2.05) is 0 Å². The van der Waals surface area contributed by atoms with Crippen LogP contribution in [-0.2, 0) is 4.79 Å². The van der Waals surface area contributed by atoms with Gasteiger partial charge in [-0.1, -0.05) is 11.8 Å². The smallest absolute Gasteiger partial charge is 0.331 e. The Kier molecular flexibility index (Phi) is 5.00. The van der Waals surface area contributed by atoms with Gasteiger partial charge >= 0.3 is 5.69 Å². The average Bonchev–Trinajstić information content (AvgIpc) is 3.02. The summed E-state index contributed by atoms with van der Waals surface area (Å²) in [4.78, 5) is 25.3. The zero-order chi connectivity index (χ0) is 17.6.